The number of nitrogens with two attached hydrogens (primary N) is 2. The van der Waals surface area contributed by atoms with Crippen molar-refractivity contribution in [2.75, 3.05) is 13.2 Å². The summed E-state index contributed by atoms with van der Waals surface area (Å²) < 4.78 is 4.57. The Balaban J connectivity index is 3.53. The second-order valence-corrected chi connectivity index (χ2v) is 1.71. The van der Waals surface area contributed by atoms with Crippen molar-refractivity contribution >= 4 is 11.9 Å². The Morgan fingerprint density at radius 3 is 2.73 bits per heavy atom. The third kappa shape index (κ3) is 6.36. The van der Waals surface area contributed by atoms with Crippen molar-refractivity contribution in [2.45, 2.75) is 0 Å². The summed E-state index contributed by atoms with van der Waals surface area (Å²) in [4.78, 5) is 14.1. The molecule has 0 aliphatic heterocycles. The Hall–Kier alpha value is -1.52. The van der Waals surface area contributed by atoms with E-state index in [1.165, 1.54) is 6.08 Å². The minimum absolute atomic E-state index is 0.124. The Morgan fingerprint density at radius 1 is 1.64 bits per heavy atom. The second kappa shape index (κ2) is 5.28. The van der Waals surface area contributed by atoms with E-state index in [-0.39, 0.29) is 19.1 Å². The smallest absolute Gasteiger partial charge is 0.328 e. The van der Waals surface area contributed by atoms with Gasteiger partial charge in [0.2, 0.25) is 0 Å². The molecular weight excluding hydrogens is 146 g/mol. The molecule has 0 bridgehead atoms. The van der Waals surface area contributed by atoms with Crippen molar-refractivity contribution < 1.29 is 9.53 Å². The highest BCUT2D eigenvalue weighted by atomic mass is 16.5. The number of carbonyl (C=O) groups excluding carboxylic acids is 1. The van der Waals surface area contributed by atoms with Crippen LogP contribution in [0.4, 0.5) is 0 Å². The van der Waals surface area contributed by atoms with Crippen molar-refractivity contribution in [3.63, 3.8) is 0 Å². The number of esters is 1. The van der Waals surface area contributed by atoms with Crippen LogP contribution in [0.3, 0.4) is 0 Å². The van der Waals surface area contributed by atoms with Gasteiger partial charge in [0.05, 0.1) is 0 Å². The van der Waals surface area contributed by atoms with Gasteiger partial charge in [-0.3, -0.25) is 4.79 Å². The summed E-state index contributed by atoms with van der Waals surface area (Å²) in [6.07, 6.45) is 1.47. The quantitative estimate of drug-likeness (QED) is 0.237. The molecule has 5 heteroatoms. The molecule has 0 saturated heterocycles. The summed E-state index contributed by atoms with van der Waals surface area (Å²) in [6.45, 7) is 3.40. The highest BCUT2D eigenvalue weighted by Crippen LogP contribution is 1.79. The van der Waals surface area contributed by atoms with Crippen LogP contribution in [0.2, 0.25) is 0 Å². The Kier molecular flexibility index (Phi) is 4.55. The maximum Gasteiger partial charge on any atom is 0.328 e. The van der Waals surface area contributed by atoms with Crippen LogP contribution in [0.5, 0.6) is 0 Å². The van der Waals surface area contributed by atoms with E-state index in [1.807, 2.05) is 0 Å². The minimum Gasteiger partial charge on any atom is -0.460 e. The van der Waals surface area contributed by atoms with Crippen LogP contribution >= 0.6 is 0 Å². The molecule has 4 N–H and O–H groups in total. The van der Waals surface area contributed by atoms with E-state index in [0.29, 0.717) is 0 Å². The molecule has 0 atom stereocenters. The molecule has 0 unspecified atom stereocenters. The number of guanidine groups is 1. The summed E-state index contributed by atoms with van der Waals surface area (Å²) >= 11 is 0. The molecule has 0 saturated carbocycles. The maximum absolute atomic E-state index is 10.6. The Morgan fingerprint density at radius 2 is 2.27 bits per heavy atom. The Labute approximate surface area is 64.7 Å². The highest BCUT2D eigenvalue weighted by molar-refractivity contribution is 5.80. The van der Waals surface area contributed by atoms with Crippen molar-refractivity contribution in [1.82, 2.24) is 0 Å². The summed E-state index contributed by atoms with van der Waals surface area (Å²) in [7, 11) is 0. The van der Waals surface area contributed by atoms with Crippen LogP contribution in [-0.4, -0.2) is 25.1 Å². The van der Waals surface area contributed by atoms with Crippen molar-refractivity contribution in [3.05, 3.63) is 12.7 Å². The average molecular weight is 157 g/mol. The zero-order valence-corrected chi connectivity index (χ0v) is 6.12. The first-order chi connectivity index (χ1) is 5.16. The number of hydrogen-bond acceptors (Lipinski definition) is 3. The van der Waals surface area contributed by atoms with Gasteiger partial charge in [0, 0.05) is 0 Å². The van der Waals surface area contributed by atoms with Crippen LogP contribution in [0.15, 0.2) is 17.6 Å². The van der Waals surface area contributed by atoms with E-state index in [1.54, 1.807) is 0 Å². The second-order valence-electron chi connectivity index (χ2n) is 1.71. The SMILES string of the molecule is C=CCOC(=O)CN=C(N)N. The van der Waals surface area contributed by atoms with Gasteiger partial charge >= 0.3 is 5.97 Å². The summed E-state index contributed by atoms with van der Waals surface area (Å²) in [6, 6.07) is 0. The fourth-order valence-electron chi connectivity index (χ4n) is 0.353. The largest absolute Gasteiger partial charge is 0.460 e. The van der Waals surface area contributed by atoms with Gasteiger partial charge in [-0.2, -0.15) is 0 Å². The van der Waals surface area contributed by atoms with E-state index in [2.05, 4.69) is 16.3 Å². The molecule has 0 aromatic heterocycles. The molecule has 0 radical (unpaired) electrons. The molecule has 11 heavy (non-hydrogen) atoms. The van der Waals surface area contributed by atoms with Gasteiger partial charge in [-0.15, -0.1) is 0 Å². The number of carbonyl (C=O) groups is 1. The number of rotatable bonds is 4. The van der Waals surface area contributed by atoms with E-state index in [4.69, 9.17) is 11.5 Å². The number of hydrogen-bond donors (Lipinski definition) is 2. The van der Waals surface area contributed by atoms with Gasteiger partial charge in [-0.05, 0) is 0 Å². The van der Waals surface area contributed by atoms with Crippen molar-refractivity contribution in [3.8, 4) is 0 Å². The normalized spacial score (nSPS) is 8.36. The van der Waals surface area contributed by atoms with Crippen LogP contribution in [0, 0.1) is 0 Å². The van der Waals surface area contributed by atoms with Crippen LogP contribution < -0.4 is 11.5 Å². The highest BCUT2D eigenvalue weighted by Gasteiger charge is 1.97. The number of nitrogens with zero attached hydrogens (tertiary/aromatic N) is 1. The average Bonchev–Trinajstić information content (AvgIpc) is 1.97. The molecule has 0 fully saturated rings. The third-order valence-corrected chi connectivity index (χ3v) is 0.753. The van der Waals surface area contributed by atoms with Crippen LogP contribution in [0.1, 0.15) is 0 Å². The number of ether oxygens (including phenoxy) is 1. The first-order valence-corrected chi connectivity index (χ1v) is 2.98. The fraction of sp³-hybridized carbons (Fsp3) is 0.333. The first-order valence-electron chi connectivity index (χ1n) is 2.98. The van der Waals surface area contributed by atoms with Crippen LogP contribution in [0.25, 0.3) is 0 Å². The van der Waals surface area contributed by atoms with Gasteiger partial charge in [0.15, 0.2) is 5.96 Å². The van der Waals surface area contributed by atoms with Crippen molar-refractivity contribution in [1.29, 1.82) is 0 Å². The third-order valence-electron chi connectivity index (χ3n) is 0.753. The molecule has 0 rings (SSSR count). The molecule has 0 aliphatic rings. The predicted molar refractivity (Wildman–Crippen MR) is 41.8 cm³/mol. The topological polar surface area (TPSA) is 90.7 Å². The molecule has 0 amide bonds. The maximum atomic E-state index is 10.6. The zero-order valence-electron chi connectivity index (χ0n) is 6.12. The van der Waals surface area contributed by atoms with Gasteiger partial charge in [0.1, 0.15) is 13.2 Å². The predicted octanol–water partition coefficient (Wildman–Crippen LogP) is -1.01. The van der Waals surface area contributed by atoms with E-state index < -0.39 is 5.97 Å². The zero-order chi connectivity index (χ0) is 8.69. The molecular formula is C6H11N3O2. The molecule has 0 aromatic carbocycles. The number of aliphatic imine (C=N–C) groups is 1. The molecule has 0 aliphatic carbocycles. The summed E-state index contributed by atoms with van der Waals surface area (Å²) in [5, 5.41) is 0. The van der Waals surface area contributed by atoms with Crippen molar-refractivity contribution in [2.24, 2.45) is 16.5 Å². The summed E-state index contributed by atoms with van der Waals surface area (Å²) in [5.74, 6) is -0.598. The lowest BCUT2D eigenvalue weighted by Gasteiger charge is -1.97. The molecule has 5 nitrogen and oxygen atoms in total. The lowest BCUT2D eigenvalue weighted by atomic mass is 10.6. The first kappa shape index (κ1) is 9.48. The van der Waals surface area contributed by atoms with E-state index >= 15 is 0 Å². The van der Waals surface area contributed by atoms with Gasteiger partial charge in [0.25, 0.3) is 0 Å². The lowest BCUT2D eigenvalue weighted by molar-refractivity contribution is -0.140. The molecule has 0 heterocycles. The lowest BCUT2D eigenvalue weighted by Crippen LogP contribution is -2.24. The minimum atomic E-state index is -0.474. The van der Waals surface area contributed by atoms with Gasteiger partial charge in [-0.25, -0.2) is 4.99 Å². The van der Waals surface area contributed by atoms with E-state index in [0.717, 1.165) is 0 Å². The standard InChI is InChI=1S/C6H11N3O2/c1-2-3-11-5(10)4-9-6(7)8/h2H,1,3-4H2,(H4,7,8,9). The summed E-state index contributed by atoms with van der Waals surface area (Å²) in [5.41, 5.74) is 9.94. The molecule has 0 spiro atoms. The monoisotopic (exact) mass is 157 g/mol. The van der Waals surface area contributed by atoms with Gasteiger partial charge in [-0.1, -0.05) is 12.7 Å². The van der Waals surface area contributed by atoms with E-state index in [9.17, 15) is 4.79 Å². The molecule has 62 valence electrons. The molecule has 0 aromatic rings. The Bertz CT molecular complexity index is 173. The van der Waals surface area contributed by atoms with Gasteiger partial charge < -0.3 is 16.2 Å². The fourth-order valence-corrected chi connectivity index (χ4v) is 0.353. The van der Waals surface area contributed by atoms with Crippen LogP contribution in [-0.2, 0) is 9.53 Å².